The van der Waals surface area contributed by atoms with Crippen molar-refractivity contribution in [3.8, 4) is 5.88 Å². The molecule has 1 aromatic carbocycles. The van der Waals surface area contributed by atoms with Crippen molar-refractivity contribution in [2.75, 3.05) is 25.6 Å². The minimum Gasteiger partial charge on any atom is -0.474 e. The van der Waals surface area contributed by atoms with Crippen LogP contribution in [0.25, 0.3) is 10.9 Å². The van der Waals surface area contributed by atoms with Crippen LogP contribution in [0, 0.1) is 4.77 Å². The molecule has 3 aromatic rings. The molecule has 0 saturated carbocycles. The number of aromatic nitrogens is 3. The molecule has 9 heteroatoms. The Bertz CT molecular complexity index is 1090. The fourth-order valence-corrected chi connectivity index (χ4v) is 2.93. The number of amides is 1. The summed E-state index contributed by atoms with van der Waals surface area (Å²) in [6.45, 7) is 0.885. The quantitative estimate of drug-likeness (QED) is 0.445. The third-order valence-corrected chi connectivity index (χ3v) is 4.35. The van der Waals surface area contributed by atoms with E-state index in [0.29, 0.717) is 35.7 Å². The van der Waals surface area contributed by atoms with E-state index in [4.69, 9.17) is 21.7 Å². The fourth-order valence-electron chi connectivity index (χ4n) is 2.65. The van der Waals surface area contributed by atoms with Crippen LogP contribution in [-0.4, -0.2) is 40.8 Å². The molecule has 0 aliphatic carbocycles. The van der Waals surface area contributed by atoms with Gasteiger partial charge in [-0.05, 0) is 36.5 Å². The number of ether oxygens (including phenoxy) is 2. The van der Waals surface area contributed by atoms with Gasteiger partial charge in [0, 0.05) is 26.3 Å². The number of benzene rings is 1. The number of carbonyl (C=O) groups is 1. The van der Waals surface area contributed by atoms with E-state index >= 15 is 0 Å². The Morgan fingerprint density at radius 3 is 2.89 bits per heavy atom. The molecular weight excluding hydrogens is 380 g/mol. The zero-order valence-electron chi connectivity index (χ0n) is 15.3. The summed E-state index contributed by atoms with van der Waals surface area (Å²) in [5, 5.41) is 3.28. The van der Waals surface area contributed by atoms with Gasteiger partial charge in [0.05, 0.1) is 17.5 Å². The van der Waals surface area contributed by atoms with E-state index in [-0.39, 0.29) is 29.2 Å². The molecule has 1 amide bonds. The van der Waals surface area contributed by atoms with Gasteiger partial charge in [0.2, 0.25) is 11.8 Å². The minimum atomic E-state index is -0.279. The predicted octanol–water partition coefficient (Wildman–Crippen LogP) is 2.51. The van der Waals surface area contributed by atoms with E-state index in [1.165, 1.54) is 4.57 Å². The first-order chi connectivity index (χ1) is 13.6. The van der Waals surface area contributed by atoms with Crippen molar-refractivity contribution in [2.45, 2.75) is 13.0 Å². The summed E-state index contributed by atoms with van der Waals surface area (Å²) in [6, 6.07) is 10.5. The van der Waals surface area contributed by atoms with Crippen LogP contribution >= 0.6 is 12.2 Å². The highest BCUT2D eigenvalue weighted by Crippen LogP contribution is 2.20. The van der Waals surface area contributed by atoms with E-state index < -0.39 is 0 Å². The number of hydrogen-bond donors (Lipinski definition) is 2. The number of aromatic amines is 1. The maximum atomic E-state index is 12.6. The number of nitrogens with one attached hydrogen (secondary N) is 2. The van der Waals surface area contributed by atoms with Gasteiger partial charge in [-0.25, -0.2) is 4.98 Å². The maximum absolute atomic E-state index is 12.6. The molecule has 0 unspecified atom stereocenters. The highest BCUT2D eigenvalue weighted by Gasteiger charge is 2.11. The predicted molar refractivity (Wildman–Crippen MR) is 108 cm³/mol. The number of nitrogens with zero attached hydrogens (tertiary/aromatic N) is 2. The maximum Gasteiger partial charge on any atom is 0.262 e. The first-order valence-electron chi connectivity index (χ1n) is 8.68. The highest BCUT2D eigenvalue weighted by molar-refractivity contribution is 7.71. The summed E-state index contributed by atoms with van der Waals surface area (Å²) >= 11 is 5.26. The van der Waals surface area contributed by atoms with E-state index in [1.54, 1.807) is 43.6 Å². The molecule has 0 radical (unpaired) electrons. The zero-order valence-corrected chi connectivity index (χ0v) is 16.1. The van der Waals surface area contributed by atoms with Gasteiger partial charge in [-0.1, -0.05) is 12.1 Å². The average Bonchev–Trinajstić information content (AvgIpc) is 2.69. The van der Waals surface area contributed by atoms with Crippen LogP contribution in [0.1, 0.15) is 6.42 Å². The molecule has 2 aromatic heterocycles. The molecule has 2 heterocycles. The monoisotopic (exact) mass is 400 g/mol. The highest BCUT2D eigenvalue weighted by atomic mass is 32.1. The molecule has 0 bridgehead atoms. The van der Waals surface area contributed by atoms with Crippen molar-refractivity contribution in [3.05, 3.63) is 57.7 Å². The lowest BCUT2D eigenvalue weighted by molar-refractivity contribution is -0.116. The van der Waals surface area contributed by atoms with Crippen molar-refractivity contribution in [2.24, 2.45) is 0 Å². The van der Waals surface area contributed by atoms with Gasteiger partial charge in [0.15, 0.2) is 4.77 Å². The zero-order chi connectivity index (χ0) is 19.9. The second-order valence-corrected chi connectivity index (χ2v) is 6.31. The Kier molecular flexibility index (Phi) is 6.51. The third kappa shape index (κ3) is 4.62. The lowest BCUT2D eigenvalue weighted by Crippen LogP contribution is -2.25. The molecule has 0 fully saturated rings. The Hall–Kier alpha value is -3.04. The van der Waals surface area contributed by atoms with Crippen molar-refractivity contribution in [1.29, 1.82) is 0 Å². The summed E-state index contributed by atoms with van der Waals surface area (Å²) in [4.78, 5) is 32.1. The van der Waals surface area contributed by atoms with Crippen molar-refractivity contribution < 1.29 is 14.3 Å². The van der Waals surface area contributed by atoms with Gasteiger partial charge in [-0.2, -0.15) is 0 Å². The standard InChI is InChI=1S/C19H20N4O4S/c1-26-11-12-27-17-15(7-4-9-20-17)21-16(24)8-10-23-18(25)13-5-2-3-6-14(13)22-19(23)28/h2-7,9H,8,10-12H2,1H3,(H,21,24)(H,22,28). The minimum absolute atomic E-state index is 0.0716. The smallest absolute Gasteiger partial charge is 0.262 e. The van der Waals surface area contributed by atoms with Gasteiger partial charge in [0.25, 0.3) is 5.56 Å². The van der Waals surface area contributed by atoms with E-state index in [2.05, 4.69) is 15.3 Å². The Morgan fingerprint density at radius 2 is 2.07 bits per heavy atom. The van der Waals surface area contributed by atoms with Crippen molar-refractivity contribution >= 4 is 34.7 Å². The Morgan fingerprint density at radius 1 is 1.25 bits per heavy atom. The first kappa shape index (κ1) is 19.7. The van der Waals surface area contributed by atoms with Gasteiger partial charge in [-0.3, -0.25) is 14.2 Å². The summed E-state index contributed by atoms with van der Waals surface area (Å²) in [5.74, 6) is 0.0344. The topological polar surface area (TPSA) is 98.2 Å². The first-order valence-corrected chi connectivity index (χ1v) is 9.09. The largest absolute Gasteiger partial charge is 0.474 e. The Balaban J connectivity index is 1.70. The molecule has 0 aliphatic rings. The number of H-pyrrole nitrogens is 1. The lowest BCUT2D eigenvalue weighted by atomic mass is 10.2. The normalized spacial score (nSPS) is 10.8. The number of rotatable bonds is 8. The van der Waals surface area contributed by atoms with Crippen LogP contribution in [0.15, 0.2) is 47.4 Å². The SMILES string of the molecule is COCCOc1ncccc1NC(=O)CCn1c(=S)[nH]c2ccccc2c1=O. The molecule has 28 heavy (non-hydrogen) atoms. The second-order valence-electron chi connectivity index (χ2n) is 5.93. The summed E-state index contributed by atoms with van der Waals surface area (Å²) < 4.78 is 12.1. The van der Waals surface area contributed by atoms with Gasteiger partial charge < -0.3 is 19.8 Å². The molecule has 3 rings (SSSR count). The van der Waals surface area contributed by atoms with E-state index in [0.717, 1.165) is 0 Å². The molecule has 8 nitrogen and oxygen atoms in total. The van der Waals surface area contributed by atoms with Crippen LogP contribution in [0.5, 0.6) is 5.88 Å². The number of hydrogen-bond acceptors (Lipinski definition) is 6. The number of anilines is 1. The molecule has 146 valence electrons. The molecular formula is C19H20N4O4S. The van der Waals surface area contributed by atoms with E-state index in [1.807, 2.05) is 6.07 Å². The molecule has 2 N–H and O–H groups in total. The number of fused-ring (bicyclic) bond motifs is 1. The Labute approximate surface area is 166 Å². The van der Waals surface area contributed by atoms with Crippen LogP contribution in [-0.2, 0) is 16.1 Å². The summed E-state index contributed by atoms with van der Waals surface area (Å²) in [7, 11) is 1.57. The van der Waals surface area contributed by atoms with Crippen molar-refractivity contribution in [1.82, 2.24) is 14.5 Å². The summed E-state index contributed by atoms with van der Waals surface area (Å²) in [6.07, 6.45) is 1.65. The number of methoxy groups -OCH3 is 1. The number of carbonyl (C=O) groups excluding carboxylic acids is 1. The van der Waals surface area contributed by atoms with Gasteiger partial charge in [0.1, 0.15) is 12.3 Å². The van der Waals surface area contributed by atoms with Gasteiger partial charge >= 0.3 is 0 Å². The lowest BCUT2D eigenvalue weighted by Gasteiger charge is -2.12. The molecule has 0 aliphatic heterocycles. The van der Waals surface area contributed by atoms with Crippen LogP contribution in [0.4, 0.5) is 5.69 Å². The number of para-hydroxylation sites is 1. The van der Waals surface area contributed by atoms with Crippen molar-refractivity contribution in [3.63, 3.8) is 0 Å². The van der Waals surface area contributed by atoms with Crippen LogP contribution < -0.4 is 15.6 Å². The fraction of sp³-hybridized carbons (Fsp3) is 0.263. The van der Waals surface area contributed by atoms with Gasteiger partial charge in [-0.15, -0.1) is 0 Å². The average molecular weight is 400 g/mol. The number of pyridine rings is 1. The molecule has 0 saturated heterocycles. The molecule has 0 atom stereocenters. The molecule has 0 spiro atoms. The van der Waals surface area contributed by atoms with Crippen LogP contribution in [0.3, 0.4) is 0 Å². The summed E-state index contributed by atoms with van der Waals surface area (Å²) in [5.41, 5.74) is 0.906. The van der Waals surface area contributed by atoms with Crippen LogP contribution in [0.2, 0.25) is 0 Å². The van der Waals surface area contributed by atoms with E-state index in [9.17, 15) is 9.59 Å². The third-order valence-electron chi connectivity index (χ3n) is 4.02. The second kappa shape index (κ2) is 9.25.